The van der Waals surface area contributed by atoms with Crippen LogP contribution in [0.15, 0.2) is 36.4 Å². The lowest BCUT2D eigenvalue weighted by atomic mass is 9.77. The maximum atomic E-state index is 13.3. The van der Waals surface area contributed by atoms with Crippen LogP contribution in [0.1, 0.15) is 29.2 Å². The highest BCUT2D eigenvalue weighted by molar-refractivity contribution is 6.30. The molecule has 1 amide bonds. The number of carbonyl (C=O) groups is 1. The van der Waals surface area contributed by atoms with Crippen LogP contribution in [0.2, 0.25) is 5.02 Å². The smallest absolute Gasteiger partial charge is 0.325 e. The molecule has 1 aliphatic rings. The van der Waals surface area contributed by atoms with E-state index in [2.05, 4.69) is 5.32 Å². The van der Waals surface area contributed by atoms with Crippen LogP contribution >= 0.6 is 11.6 Å². The lowest BCUT2D eigenvalue weighted by molar-refractivity contribution is -0.139. The first kappa shape index (κ1) is 19.5. The van der Waals surface area contributed by atoms with Crippen molar-refractivity contribution in [2.24, 2.45) is 0 Å². The fraction of sp³-hybridized carbons (Fsp3) is 0.278. The summed E-state index contributed by atoms with van der Waals surface area (Å²) in [6.07, 6.45) is -9.63. The van der Waals surface area contributed by atoms with Crippen LogP contribution < -0.4 is 5.32 Å². The number of fused-ring (bicyclic) bond motifs is 1. The summed E-state index contributed by atoms with van der Waals surface area (Å²) in [6.45, 7) is 1.39. The molecule has 2 aromatic rings. The van der Waals surface area contributed by atoms with E-state index in [0.717, 1.165) is 36.4 Å². The van der Waals surface area contributed by atoms with Crippen molar-refractivity contribution in [1.29, 1.82) is 0 Å². The Morgan fingerprint density at radius 3 is 2.26 bits per heavy atom. The van der Waals surface area contributed by atoms with Gasteiger partial charge >= 0.3 is 12.4 Å². The van der Waals surface area contributed by atoms with E-state index in [1.807, 2.05) is 0 Å². The van der Waals surface area contributed by atoms with E-state index in [9.17, 15) is 31.1 Å². The number of hydrogen-bond donors (Lipinski definition) is 1. The van der Waals surface area contributed by atoms with Crippen molar-refractivity contribution in [3.05, 3.63) is 63.7 Å². The Hall–Kier alpha value is -2.22. The van der Waals surface area contributed by atoms with Gasteiger partial charge in [0.05, 0.1) is 16.5 Å². The third kappa shape index (κ3) is 3.50. The van der Waals surface area contributed by atoms with Gasteiger partial charge in [-0.1, -0.05) is 17.7 Å². The lowest BCUT2D eigenvalue weighted by Gasteiger charge is -2.24. The average molecular weight is 408 g/mol. The molecule has 0 fully saturated rings. The second kappa shape index (κ2) is 6.15. The van der Waals surface area contributed by atoms with E-state index < -0.39 is 34.8 Å². The topological polar surface area (TPSA) is 29.1 Å². The number of rotatable bonds is 2. The predicted octanol–water partition coefficient (Wildman–Crippen LogP) is 5.83. The summed E-state index contributed by atoms with van der Waals surface area (Å²) in [7, 11) is 0. The molecule has 144 valence electrons. The van der Waals surface area contributed by atoms with Crippen molar-refractivity contribution in [1.82, 2.24) is 0 Å². The van der Waals surface area contributed by atoms with E-state index in [1.54, 1.807) is 0 Å². The largest absolute Gasteiger partial charge is 0.416 e. The Morgan fingerprint density at radius 2 is 1.67 bits per heavy atom. The van der Waals surface area contributed by atoms with Gasteiger partial charge in [-0.3, -0.25) is 4.79 Å². The molecule has 27 heavy (non-hydrogen) atoms. The highest BCUT2D eigenvalue weighted by atomic mass is 35.5. The molecule has 2 nitrogen and oxygen atoms in total. The minimum atomic E-state index is -4.66. The summed E-state index contributed by atoms with van der Waals surface area (Å²) >= 11 is 5.81. The molecule has 1 N–H and O–H groups in total. The lowest BCUT2D eigenvalue weighted by Crippen LogP contribution is -2.34. The van der Waals surface area contributed by atoms with Crippen molar-refractivity contribution < 1.29 is 31.1 Å². The maximum Gasteiger partial charge on any atom is 0.416 e. The number of benzene rings is 2. The number of anilines is 1. The molecule has 0 saturated carbocycles. The van der Waals surface area contributed by atoms with Gasteiger partial charge < -0.3 is 5.32 Å². The van der Waals surface area contributed by atoms with Crippen LogP contribution in [-0.4, -0.2) is 5.91 Å². The Morgan fingerprint density at radius 1 is 1.00 bits per heavy atom. The molecule has 0 saturated heterocycles. The van der Waals surface area contributed by atoms with E-state index in [-0.39, 0.29) is 28.3 Å². The summed E-state index contributed by atoms with van der Waals surface area (Å²) in [5, 5.41) is 2.40. The summed E-state index contributed by atoms with van der Waals surface area (Å²) < 4.78 is 78.5. The minimum absolute atomic E-state index is 0.0621. The minimum Gasteiger partial charge on any atom is -0.325 e. The van der Waals surface area contributed by atoms with Crippen LogP contribution in [0.4, 0.5) is 32.0 Å². The molecule has 1 aliphatic heterocycles. The fourth-order valence-electron chi connectivity index (χ4n) is 3.23. The second-order valence-corrected chi connectivity index (χ2v) is 6.96. The summed E-state index contributed by atoms with van der Waals surface area (Å²) in [5.74, 6) is -0.676. The SMILES string of the molecule is CC1(Cc2cc(Cl)ccc2C(F)(F)F)C(=O)Nc2cc(C(F)(F)F)ccc21. The number of nitrogens with one attached hydrogen (secondary N) is 1. The summed E-state index contributed by atoms with van der Waals surface area (Å²) in [4.78, 5) is 12.5. The van der Waals surface area contributed by atoms with Gasteiger partial charge in [-0.05, 0) is 54.8 Å². The number of amides is 1. The Bertz CT molecular complexity index is 921. The molecule has 2 aromatic carbocycles. The first-order valence-corrected chi connectivity index (χ1v) is 8.09. The van der Waals surface area contributed by atoms with E-state index in [1.165, 1.54) is 6.92 Å². The molecular weight excluding hydrogens is 396 g/mol. The predicted molar refractivity (Wildman–Crippen MR) is 87.6 cm³/mol. The third-order valence-corrected chi connectivity index (χ3v) is 4.84. The molecule has 0 aliphatic carbocycles. The molecule has 0 spiro atoms. The summed E-state index contributed by atoms with van der Waals surface area (Å²) in [5.41, 5.74) is -3.43. The van der Waals surface area contributed by atoms with Gasteiger partial charge in [-0.25, -0.2) is 0 Å². The summed E-state index contributed by atoms with van der Waals surface area (Å²) in [6, 6.07) is 5.73. The van der Waals surface area contributed by atoms with Gasteiger partial charge in [0.1, 0.15) is 0 Å². The van der Waals surface area contributed by atoms with Crippen molar-refractivity contribution in [2.45, 2.75) is 31.1 Å². The standard InChI is InChI=1S/C18H12ClF6NO/c1-16(8-9-6-11(19)3-5-12(9)18(23,24)25)13-4-2-10(17(20,21)22)7-14(13)26-15(16)27/h2-7H,8H2,1H3,(H,26,27). The normalized spacial score (nSPS) is 19.8. The first-order chi connectivity index (χ1) is 12.3. The molecule has 0 aromatic heterocycles. The number of hydrogen-bond acceptors (Lipinski definition) is 1. The Balaban J connectivity index is 2.07. The molecule has 1 heterocycles. The average Bonchev–Trinajstić information content (AvgIpc) is 2.76. The molecule has 3 rings (SSSR count). The fourth-order valence-corrected chi connectivity index (χ4v) is 3.42. The molecule has 1 unspecified atom stereocenters. The number of halogens is 7. The molecule has 9 heteroatoms. The highest BCUT2D eigenvalue weighted by Crippen LogP contribution is 2.44. The van der Waals surface area contributed by atoms with Gasteiger partial charge in [-0.15, -0.1) is 0 Å². The van der Waals surface area contributed by atoms with Crippen LogP contribution in [0.5, 0.6) is 0 Å². The molecule has 0 bridgehead atoms. The third-order valence-electron chi connectivity index (χ3n) is 4.61. The number of alkyl halides is 6. The van der Waals surface area contributed by atoms with E-state index >= 15 is 0 Å². The van der Waals surface area contributed by atoms with Crippen LogP contribution in [0, 0.1) is 0 Å². The van der Waals surface area contributed by atoms with Gasteiger partial charge in [0, 0.05) is 10.7 Å². The molecule has 0 radical (unpaired) electrons. The monoisotopic (exact) mass is 407 g/mol. The van der Waals surface area contributed by atoms with Crippen molar-refractivity contribution in [3.8, 4) is 0 Å². The zero-order valence-corrected chi connectivity index (χ0v) is 14.5. The molecular formula is C18H12ClF6NO. The Kier molecular flexibility index (Phi) is 4.45. The van der Waals surface area contributed by atoms with Crippen LogP contribution in [0.3, 0.4) is 0 Å². The molecule has 1 atom stereocenters. The van der Waals surface area contributed by atoms with Gasteiger partial charge in [0.15, 0.2) is 0 Å². The maximum absolute atomic E-state index is 13.3. The number of carbonyl (C=O) groups excluding carboxylic acids is 1. The quantitative estimate of drug-likeness (QED) is 0.623. The highest BCUT2D eigenvalue weighted by Gasteiger charge is 2.45. The Labute approximate surface area is 155 Å². The zero-order chi connectivity index (χ0) is 20.2. The first-order valence-electron chi connectivity index (χ1n) is 7.71. The van der Waals surface area contributed by atoms with Crippen molar-refractivity contribution >= 4 is 23.2 Å². The van der Waals surface area contributed by atoms with Gasteiger partial charge in [0.2, 0.25) is 5.91 Å². The zero-order valence-electron chi connectivity index (χ0n) is 13.7. The van der Waals surface area contributed by atoms with Crippen molar-refractivity contribution in [3.63, 3.8) is 0 Å². The van der Waals surface area contributed by atoms with E-state index in [0.29, 0.717) is 0 Å². The van der Waals surface area contributed by atoms with Gasteiger partial charge in [0.25, 0.3) is 0 Å². The second-order valence-electron chi connectivity index (χ2n) is 6.52. The van der Waals surface area contributed by atoms with Crippen LogP contribution in [0.25, 0.3) is 0 Å². The van der Waals surface area contributed by atoms with E-state index in [4.69, 9.17) is 11.6 Å². The van der Waals surface area contributed by atoms with Gasteiger partial charge in [-0.2, -0.15) is 26.3 Å². The van der Waals surface area contributed by atoms with Crippen molar-refractivity contribution in [2.75, 3.05) is 5.32 Å². The van der Waals surface area contributed by atoms with Crippen LogP contribution in [-0.2, 0) is 29.0 Å².